The van der Waals surface area contributed by atoms with E-state index in [1.54, 1.807) is 14.2 Å². The van der Waals surface area contributed by atoms with Crippen LogP contribution in [0, 0.1) is 13.8 Å². The van der Waals surface area contributed by atoms with Gasteiger partial charge in [0.05, 0.1) is 37.0 Å². The van der Waals surface area contributed by atoms with Gasteiger partial charge in [-0.2, -0.15) is 5.10 Å². The van der Waals surface area contributed by atoms with E-state index in [9.17, 15) is 4.79 Å². The lowest BCUT2D eigenvalue weighted by molar-refractivity contribution is 0.252. The summed E-state index contributed by atoms with van der Waals surface area (Å²) < 4.78 is 12.4. The molecule has 2 amide bonds. The Labute approximate surface area is 170 Å². The minimum absolute atomic E-state index is 0.260. The summed E-state index contributed by atoms with van der Waals surface area (Å²) in [6, 6.07) is 15.3. The Morgan fingerprint density at radius 3 is 2.45 bits per heavy atom. The number of anilines is 1. The van der Waals surface area contributed by atoms with Crippen LogP contribution >= 0.6 is 0 Å². The maximum Gasteiger partial charge on any atom is 0.319 e. The molecule has 29 heavy (non-hydrogen) atoms. The molecule has 7 heteroatoms. The number of nitrogens with one attached hydrogen (secondary N) is 2. The first-order chi connectivity index (χ1) is 14.0. The summed E-state index contributed by atoms with van der Waals surface area (Å²) in [6.45, 7) is 4.31. The molecule has 3 aromatic rings. The van der Waals surface area contributed by atoms with Gasteiger partial charge in [-0.1, -0.05) is 24.3 Å². The second-order valence-electron chi connectivity index (χ2n) is 6.61. The predicted molar refractivity (Wildman–Crippen MR) is 113 cm³/mol. The molecule has 0 unspecified atom stereocenters. The normalized spacial score (nSPS) is 10.5. The lowest BCUT2D eigenvalue weighted by Crippen LogP contribution is -2.30. The van der Waals surface area contributed by atoms with E-state index in [2.05, 4.69) is 15.7 Å². The molecule has 0 spiro atoms. The second-order valence-corrected chi connectivity index (χ2v) is 6.61. The molecule has 0 aliphatic rings. The first kappa shape index (κ1) is 20.3. The van der Waals surface area contributed by atoms with Crippen LogP contribution in [0.1, 0.15) is 17.0 Å². The first-order valence-corrected chi connectivity index (χ1v) is 9.41. The fraction of sp³-hybridized carbons (Fsp3) is 0.273. The van der Waals surface area contributed by atoms with Crippen molar-refractivity contribution < 1.29 is 14.3 Å². The molecule has 0 fully saturated rings. The summed E-state index contributed by atoms with van der Waals surface area (Å²) >= 11 is 0. The van der Waals surface area contributed by atoms with Crippen molar-refractivity contribution >= 4 is 11.7 Å². The number of hydrogen-bond acceptors (Lipinski definition) is 4. The summed E-state index contributed by atoms with van der Waals surface area (Å²) in [5, 5.41) is 10.4. The Kier molecular flexibility index (Phi) is 6.39. The lowest BCUT2D eigenvalue weighted by atomic mass is 10.1. The van der Waals surface area contributed by atoms with Crippen molar-refractivity contribution in [1.29, 1.82) is 0 Å². The molecule has 0 saturated heterocycles. The van der Waals surface area contributed by atoms with Crippen LogP contribution in [0.5, 0.6) is 11.5 Å². The molecule has 0 aliphatic heterocycles. The van der Waals surface area contributed by atoms with Gasteiger partial charge in [0, 0.05) is 6.54 Å². The zero-order valence-electron chi connectivity index (χ0n) is 17.2. The standard InChI is InChI=1S/C22H26N4O3/c1-15-21(16(2)26(25-15)18-8-6-5-7-9-18)24-22(27)23-13-12-17-10-11-19(28-3)20(14-17)29-4/h5-11,14H,12-13H2,1-4H3,(H2,23,24,27). The van der Waals surface area contributed by atoms with E-state index in [-0.39, 0.29) is 6.03 Å². The number of urea groups is 1. The molecule has 7 nitrogen and oxygen atoms in total. The molecule has 2 aromatic carbocycles. The number of ether oxygens (including phenoxy) is 2. The van der Waals surface area contributed by atoms with Crippen molar-refractivity contribution in [2.75, 3.05) is 26.1 Å². The van der Waals surface area contributed by atoms with Gasteiger partial charge in [-0.3, -0.25) is 0 Å². The number of amides is 2. The largest absolute Gasteiger partial charge is 0.493 e. The molecule has 3 rings (SSSR count). The molecule has 1 aromatic heterocycles. The van der Waals surface area contributed by atoms with Crippen LogP contribution in [-0.2, 0) is 6.42 Å². The predicted octanol–water partition coefficient (Wildman–Crippen LogP) is 3.87. The first-order valence-electron chi connectivity index (χ1n) is 9.41. The average molecular weight is 394 g/mol. The highest BCUT2D eigenvalue weighted by atomic mass is 16.5. The highest BCUT2D eigenvalue weighted by molar-refractivity contribution is 5.90. The Morgan fingerprint density at radius 2 is 1.76 bits per heavy atom. The van der Waals surface area contributed by atoms with Gasteiger partial charge in [0.15, 0.2) is 11.5 Å². The SMILES string of the molecule is COc1ccc(CCNC(=O)Nc2c(C)nn(-c3ccccc3)c2C)cc1OC. The molecular formula is C22H26N4O3. The maximum absolute atomic E-state index is 12.4. The van der Waals surface area contributed by atoms with Crippen LogP contribution in [0.15, 0.2) is 48.5 Å². The molecule has 152 valence electrons. The number of carbonyl (C=O) groups is 1. The van der Waals surface area contributed by atoms with Crippen LogP contribution in [0.25, 0.3) is 5.69 Å². The van der Waals surface area contributed by atoms with Crippen LogP contribution in [0.4, 0.5) is 10.5 Å². The number of methoxy groups -OCH3 is 2. The highest BCUT2D eigenvalue weighted by Gasteiger charge is 2.15. The Balaban J connectivity index is 1.60. The summed E-state index contributed by atoms with van der Waals surface area (Å²) in [5.74, 6) is 1.36. The quantitative estimate of drug-likeness (QED) is 0.638. The molecular weight excluding hydrogens is 368 g/mol. The number of aromatic nitrogens is 2. The van der Waals surface area contributed by atoms with Crippen molar-refractivity contribution in [2.45, 2.75) is 20.3 Å². The van der Waals surface area contributed by atoms with Crippen molar-refractivity contribution in [3.63, 3.8) is 0 Å². The molecule has 0 saturated carbocycles. The third-order valence-electron chi connectivity index (χ3n) is 4.68. The van der Waals surface area contributed by atoms with Gasteiger partial charge in [0.25, 0.3) is 0 Å². The van der Waals surface area contributed by atoms with E-state index < -0.39 is 0 Å². The number of para-hydroxylation sites is 1. The minimum atomic E-state index is -0.260. The third kappa shape index (κ3) is 4.68. The van der Waals surface area contributed by atoms with E-state index in [0.29, 0.717) is 24.5 Å². The van der Waals surface area contributed by atoms with Crippen LogP contribution in [-0.4, -0.2) is 36.6 Å². The van der Waals surface area contributed by atoms with Gasteiger partial charge in [-0.05, 0) is 50.1 Å². The van der Waals surface area contributed by atoms with Crippen LogP contribution in [0.3, 0.4) is 0 Å². The van der Waals surface area contributed by atoms with Gasteiger partial charge < -0.3 is 20.1 Å². The number of hydrogen-bond donors (Lipinski definition) is 2. The summed E-state index contributed by atoms with van der Waals surface area (Å²) in [7, 11) is 3.21. The number of aryl methyl sites for hydroxylation is 1. The molecule has 0 radical (unpaired) electrons. The van der Waals surface area contributed by atoms with Crippen LogP contribution < -0.4 is 20.1 Å². The fourth-order valence-corrected chi connectivity index (χ4v) is 3.16. The number of nitrogens with zero attached hydrogens (tertiary/aromatic N) is 2. The lowest BCUT2D eigenvalue weighted by Gasteiger charge is -2.11. The van der Waals surface area contributed by atoms with Crippen molar-refractivity contribution in [3.8, 4) is 17.2 Å². The van der Waals surface area contributed by atoms with E-state index in [1.165, 1.54) is 0 Å². The third-order valence-corrected chi connectivity index (χ3v) is 4.68. The average Bonchev–Trinajstić information content (AvgIpc) is 3.02. The van der Waals surface area contributed by atoms with Crippen LogP contribution in [0.2, 0.25) is 0 Å². The van der Waals surface area contributed by atoms with Gasteiger partial charge in [0.2, 0.25) is 0 Å². The Morgan fingerprint density at radius 1 is 1.03 bits per heavy atom. The molecule has 0 bridgehead atoms. The Bertz CT molecular complexity index is 983. The van der Waals surface area contributed by atoms with E-state index in [0.717, 1.165) is 28.3 Å². The zero-order valence-corrected chi connectivity index (χ0v) is 17.2. The van der Waals surface area contributed by atoms with Gasteiger partial charge in [0.1, 0.15) is 0 Å². The molecule has 2 N–H and O–H groups in total. The number of carbonyl (C=O) groups excluding carboxylic acids is 1. The Hall–Kier alpha value is -3.48. The van der Waals surface area contributed by atoms with Gasteiger partial charge >= 0.3 is 6.03 Å². The summed E-state index contributed by atoms with van der Waals surface area (Å²) in [5.41, 5.74) is 4.37. The van der Waals surface area contributed by atoms with Crippen molar-refractivity contribution in [3.05, 3.63) is 65.5 Å². The zero-order chi connectivity index (χ0) is 20.8. The molecule has 0 aliphatic carbocycles. The van der Waals surface area contributed by atoms with E-state index in [4.69, 9.17) is 9.47 Å². The molecule has 0 atom stereocenters. The van der Waals surface area contributed by atoms with Crippen molar-refractivity contribution in [1.82, 2.24) is 15.1 Å². The minimum Gasteiger partial charge on any atom is -0.493 e. The summed E-state index contributed by atoms with van der Waals surface area (Å²) in [6.07, 6.45) is 0.676. The number of rotatable bonds is 7. The monoisotopic (exact) mass is 394 g/mol. The topological polar surface area (TPSA) is 77.4 Å². The fourth-order valence-electron chi connectivity index (χ4n) is 3.16. The van der Waals surface area contributed by atoms with Crippen molar-refractivity contribution in [2.24, 2.45) is 0 Å². The van der Waals surface area contributed by atoms with E-state index in [1.807, 2.05) is 67.1 Å². The van der Waals surface area contributed by atoms with Gasteiger partial charge in [-0.25, -0.2) is 9.48 Å². The smallest absolute Gasteiger partial charge is 0.319 e. The second kappa shape index (κ2) is 9.14. The van der Waals surface area contributed by atoms with Gasteiger partial charge in [-0.15, -0.1) is 0 Å². The van der Waals surface area contributed by atoms with E-state index >= 15 is 0 Å². The summed E-state index contributed by atoms with van der Waals surface area (Å²) in [4.78, 5) is 12.4. The number of benzene rings is 2. The molecule has 1 heterocycles. The maximum atomic E-state index is 12.4. The highest BCUT2D eigenvalue weighted by Crippen LogP contribution is 2.27.